The Morgan fingerprint density at radius 2 is 1.83 bits per heavy atom. The van der Waals surface area contributed by atoms with Crippen LogP contribution in [0, 0.1) is 0 Å². The first-order chi connectivity index (χ1) is 11.5. The van der Waals surface area contributed by atoms with Crippen LogP contribution >= 0.6 is 11.6 Å². The van der Waals surface area contributed by atoms with E-state index in [0.29, 0.717) is 24.4 Å². The summed E-state index contributed by atoms with van der Waals surface area (Å²) < 4.78 is 0. The predicted molar refractivity (Wildman–Crippen MR) is 96.8 cm³/mol. The van der Waals surface area contributed by atoms with Gasteiger partial charge in [0.05, 0.1) is 0 Å². The average molecular weight is 351 g/mol. The molecule has 1 aromatic carbocycles. The topological polar surface area (TPSA) is 49.4 Å². The summed E-state index contributed by atoms with van der Waals surface area (Å²) >= 11 is 5.93. The summed E-state index contributed by atoms with van der Waals surface area (Å²) in [4.78, 5) is 26.9. The normalized spacial score (nSPS) is 16.0. The van der Waals surface area contributed by atoms with Crippen molar-refractivity contribution in [2.75, 3.05) is 0 Å². The van der Waals surface area contributed by atoms with Gasteiger partial charge in [0.1, 0.15) is 6.04 Å². The van der Waals surface area contributed by atoms with Crippen LogP contribution in [0.15, 0.2) is 24.3 Å². The molecule has 0 bridgehead atoms. The standard InChI is InChI=1S/C19H27ClN2O2/c1-3-17(19(24)21-16-7-5-6-8-16)22(18(23)4-2)13-14-9-11-15(20)12-10-14/h9-12,16-17H,3-8,13H2,1-2H3,(H,21,24)/t17-/m0/s1. The molecule has 0 spiro atoms. The average Bonchev–Trinajstić information content (AvgIpc) is 3.08. The first-order valence-electron chi connectivity index (χ1n) is 8.89. The second-order valence-electron chi connectivity index (χ2n) is 6.42. The summed E-state index contributed by atoms with van der Waals surface area (Å²) in [6.45, 7) is 4.22. The number of nitrogens with zero attached hydrogens (tertiary/aromatic N) is 1. The van der Waals surface area contributed by atoms with Crippen LogP contribution in [-0.4, -0.2) is 28.8 Å². The minimum atomic E-state index is -0.422. The van der Waals surface area contributed by atoms with Gasteiger partial charge in [0.15, 0.2) is 0 Å². The highest BCUT2D eigenvalue weighted by Gasteiger charge is 2.29. The highest BCUT2D eigenvalue weighted by Crippen LogP contribution is 2.20. The van der Waals surface area contributed by atoms with E-state index in [4.69, 9.17) is 11.6 Å². The fraction of sp³-hybridized carbons (Fsp3) is 0.579. The zero-order chi connectivity index (χ0) is 17.5. The molecule has 0 saturated heterocycles. The molecule has 0 unspecified atom stereocenters. The van der Waals surface area contributed by atoms with Gasteiger partial charge in [-0.1, -0.05) is 50.4 Å². The van der Waals surface area contributed by atoms with Crippen LogP contribution in [0.5, 0.6) is 0 Å². The number of carbonyl (C=O) groups is 2. The lowest BCUT2D eigenvalue weighted by molar-refractivity contribution is -0.141. The molecule has 2 rings (SSSR count). The molecule has 1 fully saturated rings. The van der Waals surface area contributed by atoms with E-state index in [-0.39, 0.29) is 17.9 Å². The Kier molecular flexibility index (Phi) is 7.10. The largest absolute Gasteiger partial charge is 0.352 e. The molecule has 1 N–H and O–H groups in total. The summed E-state index contributed by atoms with van der Waals surface area (Å²) in [7, 11) is 0. The zero-order valence-corrected chi connectivity index (χ0v) is 15.3. The lowest BCUT2D eigenvalue weighted by Crippen LogP contribution is -2.50. The highest BCUT2D eigenvalue weighted by molar-refractivity contribution is 6.30. The van der Waals surface area contributed by atoms with Gasteiger partial charge in [0.25, 0.3) is 0 Å². The van der Waals surface area contributed by atoms with Gasteiger partial charge < -0.3 is 10.2 Å². The number of carbonyl (C=O) groups excluding carboxylic acids is 2. The van der Waals surface area contributed by atoms with Crippen molar-refractivity contribution in [2.45, 2.75) is 71.0 Å². The summed E-state index contributed by atoms with van der Waals surface area (Å²) in [6.07, 6.45) is 5.43. The van der Waals surface area contributed by atoms with Gasteiger partial charge >= 0.3 is 0 Å². The maximum Gasteiger partial charge on any atom is 0.243 e. The van der Waals surface area contributed by atoms with E-state index in [0.717, 1.165) is 18.4 Å². The molecule has 2 amide bonds. The van der Waals surface area contributed by atoms with Crippen molar-refractivity contribution in [3.05, 3.63) is 34.9 Å². The molecule has 24 heavy (non-hydrogen) atoms. The second-order valence-corrected chi connectivity index (χ2v) is 6.85. The Labute approximate surface area is 149 Å². The van der Waals surface area contributed by atoms with Crippen molar-refractivity contribution in [1.29, 1.82) is 0 Å². The summed E-state index contributed by atoms with van der Waals surface area (Å²) in [6, 6.07) is 7.27. The highest BCUT2D eigenvalue weighted by atomic mass is 35.5. The smallest absolute Gasteiger partial charge is 0.243 e. The minimum absolute atomic E-state index is 0.00151. The molecule has 1 aromatic rings. The van der Waals surface area contributed by atoms with E-state index in [1.54, 1.807) is 4.90 Å². The van der Waals surface area contributed by atoms with Gasteiger partial charge in [-0.05, 0) is 37.0 Å². The van der Waals surface area contributed by atoms with Gasteiger partial charge in [-0.2, -0.15) is 0 Å². The third-order valence-electron chi connectivity index (χ3n) is 4.66. The second kappa shape index (κ2) is 9.07. The Balaban J connectivity index is 2.11. The molecule has 1 saturated carbocycles. The number of rotatable bonds is 7. The third-order valence-corrected chi connectivity index (χ3v) is 4.91. The summed E-state index contributed by atoms with van der Waals surface area (Å²) in [5.74, 6) is -0.0291. The zero-order valence-electron chi connectivity index (χ0n) is 14.6. The van der Waals surface area contributed by atoms with Crippen molar-refractivity contribution >= 4 is 23.4 Å². The van der Waals surface area contributed by atoms with Gasteiger partial charge in [-0.3, -0.25) is 9.59 Å². The molecule has 0 heterocycles. The summed E-state index contributed by atoms with van der Waals surface area (Å²) in [5.41, 5.74) is 0.980. The molecule has 0 aliphatic heterocycles. The number of halogens is 1. The van der Waals surface area contributed by atoms with Crippen LogP contribution in [-0.2, 0) is 16.1 Å². The lowest BCUT2D eigenvalue weighted by atomic mass is 10.1. The third kappa shape index (κ3) is 4.97. The quantitative estimate of drug-likeness (QED) is 0.810. The van der Waals surface area contributed by atoms with Crippen molar-refractivity contribution in [3.63, 3.8) is 0 Å². The molecular formula is C19H27ClN2O2. The van der Waals surface area contributed by atoms with Crippen LogP contribution < -0.4 is 5.32 Å². The Bertz CT molecular complexity index is 553. The number of hydrogen-bond acceptors (Lipinski definition) is 2. The van der Waals surface area contributed by atoms with Gasteiger partial charge in [0.2, 0.25) is 11.8 Å². The van der Waals surface area contributed by atoms with Crippen LogP contribution in [0.3, 0.4) is 0 Å². The van der Waals surface area contributed by atoms with Crippen molar-refractivity contribution in [3.8, 4) is 0 Å². The number of amides is 2. The molecular weight excluding hydrogens is 324 g/mol. The van der Waals surface area contributed by atoms with Crippen molar-refractivity contribution in [1.82, 2.24) is 10.2 Å². The van der Waals surface area contributed by atoms with Crippen LogP contribution in [0.25, 0.3) is 0 Å². The fourth-order valence-electron chi connectivity index (χ4n) is 3.28. The molecule has 1 aliphatic carbocycles. The molecule has 4 nitrogen and oxygen atoms in total. The van der Waals surface area contributed by atoms with Crippen molar-refractivity contribution < 1.29 is 9.59 Å². The lowest BCUT2D eigenvalue weighted by Gasteiger charge is -2.31. The molecule has 0 radical (unpaired) electrons. The van der Waals surface area contributed by atoms with Crippen molar-refractivity contribution in [2.24, 2.45) is 0 Å². The number of hydrogen-bond donors (Lipinski definition) is 1. The van der Waals surface area contributed by atoms with E-state index in [1.165, 1.54) is 12.8 Å². The van der Waals surface area contributed by atoms with Crippen LogP contribution in [0.1, 0.15) is 57.9 Å². The van der Waals surface area contributed by atoms with Crippen LogP contribution in [0.4, 0.5) is 0 Å². The van der Waals surface area contributed by atoms with Gasteiger partial charge in [-0.25, -0.2) is 0 Å². The van der Waals surface area contributed by atoms with Crippen LogP contribution in [0.2, 0.25) is 5.02 Å². The van der Waals surface area contributed by atoms with E-state index >= 15 is 0 Å². The van der Waals surface area contributed by atoms with E-state index in [9.17, 15) is 9.59 Å². The first kappa shape index (κ1) is 18.8. The predicted octanol–water partition coefficient (Wildman–Crippen LogP) is 3.92. The molecule has 5 heteroatoms. The fourth-order valence-corrected chi connectivity index (χ4v) is 3.40. The first-order valence-corrected chi connectivity index (χ1v) is 9.27. The monoisotopic (exact) mass is 350 g/mol. The SMILES string of the molecule is CCC(=O)N(Cc1ccc(Cl)cc1)[C@@H](CC)C(=O)NC1CCCC1. The van der Waals surface area contributed by atoms with E-state index in [2.05, 4.69) is 5.32 Å². The number of nitrogens with one attached hydrogen (secondary N) is 1. The minimum Gasteiger partial charge on any atom is -0.352 e. The van der Waals surface area contributed by atoms with E-state index in [1.807, 2.05) is 38.1 Å². The Morgan fingerprint density at radius 3 is 2.38 bits per heavy atom. The Hall–Kier alpha value is -1.55. The molecule has 132 valence electrons. The maximum atomic E-state index is 12.7. The van der Waals surface area contributed by atoms with E-state index < -0.39 is 6.04 Å². The van der Waals surface area contributed by atoms with Gasteiger partial charge in [-0.15, -0.1) is 0 Å². The molecule has 1 aliphatic rings. The Morgan fingerprint density at radius 1 is 1.21 bits per heavy atom. The maximum absolute atomic E-state index is 12.7. The molecule has 1 atom stereocenters. The van der Waals surface area contributed by atoms with Gasteiger partial charge in [0, 0.05) is 24.0 Å². The number of benzene rings is 1. The molecule has 0 aromatic heterocycles. The summed E-state index contributed by atoms with van der Waals surface area (Å²) in [5, 5.41) is 3.80.